The second kappa shape index (κ2) is 8.62. The molecule has 0 bridgehead atoms. The van der Waals surface area contributed by atoms with Crippen molar-refractivity contribution in [3.8, 4) is 0 Å². The van der Waals surface area contributed by atoms with Gasteiger partial charge in [-0.05, 0) is 36.2 Å². The van der Waals surface area contributed by atoms with E-state index in [2.05, 4.69) is 38.3 Å². The Morgan fingerprint density at radius 2 is 1.84 bits per heavy atom. The van der Waals surface area contributed by atoms with Crippen LogP contribution in [-0.4, -0.2) is 42.0 Å². The summed E-state index contributed by atoms with van der Waals surface area (Å²) in [6, 6.07) is 14.3. The van der Waals surface area contributed by atoms with Crippen LogP contribution in [0.3, 0.4) is 0 Å². The van der Waals surface area contributed by atoms with Crippen molar-refractivity contribution in [2.75, 3.05) is 36.4 Å². The van der Waals surface area contributed by atoms with Gasteiger partial charge in [0, 0.05) is 51.0 Å². The Hall–Kier alpha value is -2.40. The average molecular weight is 338 g/mol. The molecule has 5 nitrogen and oxygen atoms in total. The van der Waals surface area contributed by atoms with Crippen LogP contribution in [0.5, 0.6) is 0 Å². The van der Waals surface area contributed by atoms with Crippen molar-refractivity contribution >= 4 is 17.4 Å². The first-order chi connectivity index (χ1) is 12.2. The SMILES string of the molecule is CCCC(=O)Nc1ccc(CN2CCN(c3ccccn3)CC2)cc1. The summed E-state index contributed by atoms with van der Waals surface area (Å²) >= 11 is 0. The summed E-state index contributed by atoms with van der Waals surface area (Å²) < 4.78 is 0. The standard InChI is InChI=1S/C20H26N4O/c1-2-5-20(25)22-18-9-7-17(8-10-18)16-23-12-14-24(15-13-23)19-6-3-4-11-21-19/h3-4,6-11H,2,5,12-16H2,1H3,(H,22,25). The molecule has 1 saturated heterocycles. The number of rotatable bonds is 6. The number of nitrogens with one attached hydrogen (secondary N) is 1. The number of piperazine rings is 1. The smallest absolute Gasteiger partial charge is 0.224 e. The topological polar surface area (TPSA) is 48.5 Å². The van der Waals surface area contributed by atoms with E-state index in [9.17, 15) is 4.79 Å². The second-order valence-corrected chi connectivity index (χ2v) is 6.45. The fourth-order valence-corrected chi connectivity index (χ4v) is 3.08. The highest BCUT2D eigenvalue weighted by molar-refractivity contribution is 5.90. The molecule has 0 radical (unpaired) electrons. The van der Waals surface area contributed by atoms with Crippen molar-refractivity contribution in [3.05, 3.63) is 54.2 Å². The van der Waals surface area contributed by atoms with E-state index in [-0.39, 0.29) is 5.91 Å². The number of aromatic nitrogens is 1. The maximum Gasteiger partial charge on any atom is 0.224 e. The van der Waals surface area contributed by atoms with E-state index >= 15 is 0 Å². The quantitative estimate of drug-likeness (QED) is 0.879. The molecule has 3 rings (SSSR count). The summed E-state index contributed by atoms with van der Waals surface area (Å²) in [7, 11) is 0. The number of pyridine rings is 1. The number of benzene rings is 1. The monoisotopic (exact) mass is 338 g/mol. The van der Waals surface area contributed by atoms with Gasteiger partial charge in [-0.3, -0.25) is 9.69 Å². The predicted octanol–water partition coefficient (Wildman–Crippen LogP) is 3.14. The summed E-state index contributed by atoms with van der Waals surface area (Å²) in [5.41, 5.74) is 2.15. The molecule has 1 amide bonds. The Bertz CT molecular complexity index is 664. The lowest BCUT2D eigenvalue weighted by Crippen LogP contribution is -2.46. The van der Waals surface area contributed by atoms with Crippen molar-refractivity contribution < 1.29 is 4.79 Å². The van der Waals surface area contributed by atoms with Gasteiger partial charge in [-0.25, -0.2) is 4.98 Å². The van der Waals surface area contributed by atoms with Gasteiger partial charge < -0.3 is 10.2 Å². The summed E-state index contributed by atoms with van der Waals surface area (Å²) in [6.45, 7) is 7.02. The third-order valence-electron chi connectivity index (χ3n) is 4.47. The molecule has 2 aromatic rings. The third kappa shape index (κ3) is 5.03. The molecule has 0 saturated carbocycles. The predicted molar refractivity (Wildman–Crippen MR) is 102 cm³/mol. The van der Waals surface area contributed by atoms with E-state index in [1.54, 1.807) is 0 Å². The van der Waals surface area contributed by atoms with Gasteiger partial charge in [0.25, 0.3) is 0 Å². The lowest BCUT2D eigenvalue weighted by molar-refractivity contribution is -0.116. The zero-order valence-corrected chi connectivity index (χ0v) is 14.8. The van der Waals surface area contributed by atoms with Gasteiger partial charge in [0.05, 0.1) is 0 Å². The highest BCUT2D eigenvalue weighted by Gasteiger charge is 2.17. The molecule has 1 fully saturated rings. The fourth-order valence-electron chi connectivity index (χ4n) is 3.08. The van der Waals surface area contributed by atoms with Crippen LogP contribution in [0.15, 0.2) is 48.7 Å². The second-order valence-electron chi connectivity index (χ2n) is 6.45. The number of hydrogen-bond acceptors (Lipinski definition) is 4. The van der Waals surface area contributed by atoms with E-state index in [1.807, 2.05) is 37.4 Å². The van der Waals surface area contributed by atoms with Crippen LogP contribution < -0.4 is 10.2 Å². The fraction of sp³-hybridized carbons (Fsp3) is 0.400. The Morgan fingerprint density at radius 3 is 2.48 bits per heavy atom. The molecule has 0 aliphatic carbocycles. The van der Waals surface area contributed by atoms with E-state index < -0.39 is 0 Å². The molecule has 1 aromatic heterocycles. The van der Waals surface area contributed by atoms with Crippen molar-refractivity contribution in [1.82, 2.24) is 9.88 Å². The van der Waals surface area contributed by atoms with E-state index in [0.717, 1.165) is 50.6 Å². The third-order valence-corrected chi connectivity index (χ3v) is 4.47. The number of carbonyl (C=O) groups excluding carboxylic acids is 1. The van der Waals surface area contributed by atoms with Crippen LogP contribution >= 0.6 is 0 Å². The van der Waals surface area contributed by atoms with Gasteiger partial charge in [-0.1, -0.05) is 25.1 Å². The molecule has 0 spiro atoms. The average Bonchev–Trinajstić information content (AvgIpc) is 2.65. The van der Waals surface area contributed by atoms with Crippen LogP contribution in [0, 0.1) is 0 Å². The zero-order chi connectivity index (χ0) is 17.5. The summed E-state index contributed by atoms with van der Waals surface area (Å²) in [6.07, 6.45) is 3.29. The van der Waals surface area contributed by atoms with E-state index in [4.69, 9.17) is 0 Å². The molecule has 1 aliphatic heterocycles. The molecule has 2 heterocycles. The number of hydrogen-bond donors (Lipinski definition) is 1. The minimum Gasteiger partial charge on any atom is -0.354 e. The van der Waals surface area contributed by atoms with E-state index in [0.29, 0.717) is 6.42 Å². The summed E-state index contributed by atoms with van der Waals surface area (Å²) in [5, 5.41) is 2.93. The molecule has 0 atom stereocenters. The lowest BCUT2D eigenvalue weighted by atomic mass is 10.1. The van der Waals surface area contributed by atoms with Gasteiger partial charge in [-0.15, -0.1) is 0 Å². The molecule has 5 heteroatoms. The normalized spacial score (nSPS) is 15.2. The van der Waals surface area contributed by atoms with Crippen molar-refractivity contribution in [2.45, 2.75) is 26.3 Å². The van der Waals surface area contributed by atoms with Crippen LogP contribution in [0.25, 0.3) is 0 Å². The highest BCUT2D eigenvalue weighted by atomic mass is 16.1. The molecule has 0 unspecified atom stereocenters. The molecule has 1 aliphatic rings. The molecular formula is C20H26N4O. The first kappa shape index (κ1) is 17.4. The molecule has 25 heavy (non-hydrogen) atoms. The largest absolute Gasteiger partial charge is 0.354 e. The number of amides is 1. The Morgan fingerprint density at radius 1 is 1.08 bits per heavy atom. The summed E-state index contributed by atoms with van der Waals surface area (Å²) in [5.74, 6) is 1.15. The van der Waals surface area contributed by atoms with Gasteiger partial charge in [0.15, 0.2) is 0 Å². The van der Waals surface area contributed by atoms with Gasteiger partial charge in [0.1, 0.15) is 5.82 Å². The Labute approximate surface area is 149 Å². The van der Waals surface area contributed by atoms with Crippen molar-refractivity contribution in [3.63, 3.8) is 0 Å². The number of nitrogens with zero attached hydrogens (tertiary/aromatic N) is 3. The highest BCUT2D eigenvalue weighted by Crippen LogP contribution is 2.16. The lowest BCUT2D eigenvalue weighted by Gasteiger charge is -2.35. The van der Waals surface area contributed by atoms with Crippen LogP contribution in [0.4, 0.5) is 11.5 Å². The van der Waals surface area contributed by atoms with Crippen molar-refractivity contribution in [1.29, 1.82) is 0 Å². The van der Waals surface area contributed by atoms with Crippen LogP contribution in [-0.2, 0) is 11.3 Å². The van der Waals surface area contributed by atoms with Gasteiger partial charge in [0.2, 0.25) is 5.91 Å². The Balaban J connectivity index is 1.48. The van der Waals surface area contributed by atoms with Crippen LogP contribution in [0.2, 0.25) is 0 Å². The molecule has 1 aromatic carbocycles. The zero-order valence-electron chi connectivity index (χ0n) is 14.8. The van der Waals surface area contributed by atoms with Crippen molar-refractivity contribution in [2.24, 2.45) is 0 Å². The number of anilines is 2. The maximum atomic E-state index is 11.6. The molecule has 132 valence electrons. The van der Waals surface area contributed by atoms with Crippen LogP contribution in [0.1, 0.15) is 25.3 Å². The molecule has 1 N–H and O–H groups in total. The van der Waals surface area contributed by atoms with E-state index in [1.165, 1.54) is 5.56 Å². The van der Waals surface area contributed by atoms with Gasteiger partial charge >= 0.3 is 0 Å². The molecular weight excluding hydrogens is 312 g/mol. The first-order valence-electron chi connectivity index (χ1n) is 9.01. The van der Waals surface area contributed by atoms with Gasteiger partial charge in [-0.2, -0.15) is 0 Å². The Kier molecular flexibility index (Phi) is 6.01. The number of carbonyl (C=O) groups is 1. The maximum absolute atomic E-state index is 11.6. The first-order valence-corrected chi connectivity index (χ1v) is 9.01. The minimum absolute atomic E-state index is 0.0842. The summed E-state index contributed by atoms with van der Waals surface area (Å²) in [4.78, 5) is 20.9. The minimum atomic E-state index is 0.0842.